The fraction of sp³-hybridized carbons (Fsp3) is 0.286. The summed E-state index contributed by atoms with van der Waals surface area (Å²) in [4.78, 5) is 16.7. The fourth-order valence-corrected chi connectivity index (χ4v) is 2.40. The third-order valence-electron chi connectivity index (χ3n) is 3.27. The van der Waals surface area contributed by atoms with Crippen LogP contribution in [0, 0.1) is 0 Å². The van der Waals surface area contributed by atoms with Crippen molar-refractivity contribution in [2.45, 2.75) is 18.9 Å². The second-order valence-electron chi connectivity index (χ2n) is 4.39. The number of nitrogens with one attached hydrogen (secondary N) is 1. The van der Waals surface area contributed by atoms with Crippen molar-refractivity contribution >= 4 is 16.7 Å². The van der Waals surface area contributed by atoms with Crippen molar-refractivity contribution in [3.05, 3.63) is 42.1 Å². The normalized spacial score (nSPS) is 19.6. The summed E-state index contributed by atoms with van der Waals surface area (Å²) >= 11 is 0. The molecule has 1 aromatic carbocycles. The Morgan fingerprint density at radius 1 is 1.29 bits per heavy atom. The van der Waals surface area contributed by atoms with Crippen molar-refractivity contribution in [3.8, 4) is 0 Å². The highest BCUT2D eigenvalue weighted by molar-refractivity contribution is 6.09. The minimum atomic E-state index is -0.0254. The number of Topliss-reactive ketones (excluding diaryl/α,β-unsaturated/α-hetero) is 1. The Balaban J connectivity index is 2.07. The third-order valence-corrected chi connectivity index (χ3v) is 3.27. The lowest BCUT2D eigenvalue weighted by atomic mass is 10.00. The predicted octanol–water partition coefficient (Wildman–Crippen LogP) is 2.17. The first-order valence-corrected chi connectivity index (χ1v) is 5.97. The van der Waals surface area contributed by atoms with Gasteiger partial charge in [-0.25, -0.2) is 0 Å². The first-order valence-electron chi connectivity index (χ1n) is 5.97. The first-order chi connectivity index (χ1) is 8.36. The Bertz CT molecular complexity index is 554. The summed E-state index contributed by atoms with van der Waals surface area (Å²) in [6.07, 6.45) is 3.75. The molecule has 1 fully saturated rings. The van der Waals surface area contributed by atoms with Gasteiger partial charge in [-0.2, -0.15) is 0 Å². The van der Waals surface area contributed by atoms with Gasteiger partial charge in [0.25, 0.3) is 0 Å². The molecule has 86 valence electrons. The number of benzene rings is 1. The molecule has 1 N–H and O–H groups in total. The number of carbonyl (C=O) groups excluding carboxylic acids is 1. The van der Waals surface area contributed by atoms with Crippen LogP contribution < -0.4 is 5.32 Å². The molecular weight excluding hydrogens is 212 g/mol. The van der Waals surface area contributed by atoms with E-state index in [2.05, 4.69) is 10.3 Å². The lowest BCUT2D eigenvalue weighted by Gasteiger charge is -2.10. The number of para-hydroxylation sites is 1. The molecule has 1 saturated heterocycles. The molecule has 3 nitrogen and oxygen atoms in total. The third kappa shape index (κ3) is 1.83. The monoisotopic (exact) mass is 226 g/mol. The van der Waals surface area contributed by atoms with Crippen LogP contribution in [0.3, 0.4) is 0 Å². The average molecular weight is 226 g/mol. The maximum absolute atomic E-state index is 12.4. The van der Waals surface area contributed by atoms with Gasteiger partial charge in [0.15, 0.2) is 5.78 Å². The Labute approximate surface area is 99.9 Å². The molecule has 1 aliphatic rings. The SMILES string of the molecule is O=C(c1cccc2cccnc12)C1CCCN1. The summed E-state index contributed by atoms with van der Waals surface area (Å²) in [5.41, 5.74) is 1.55. The first kappa shape index (κ1) is 10.4. The van der Waals surface area contributed by atoms with E-state index in [1.54, 1.807) is 6.20 Å². The number of carbonyl (C=O) groups is 1. The number of rotatable bonds is 2. The second-order valence-corrected chi connectivity index (χ2v) is 4.39. The minimum absolute atomic E-state index is 0.0254. The van der Waals surface area contributed by atoms with Gasteiger partial charge < -0.3 is 5.32 Å². The van der Waals surface area contributed by atoms with Crippen LogP contribution in [-0.4, -0.2) is 23.4 Å². The van der Waals surface area contributed by atoms with Crippen molar-refractivity contribution in [1.82, 2.24) is 10.3 Å². The van der Waals surface area contributed by atoms with E-state index in [-0.39, 0.29) is 11.8 Å². The predicted molar refractivity (Wildman–Crippen MR) is 67.1 cm³/mol. The van der Waals surface area contributed by atoms with Gasteiger partial charge in [0.05, 0.1) is 11.6 Å². The zero-order chi connectivity index (χ0) is 11.7. The van der Waals surface area contributed by atoms with Gasteiger partial charge in [0, 0.05) is 17.1 Å². The topological polar surface area (TPSA) is 42.0 Å². The zero-order valence-corrected chi connectivity index (χ0v) is 9.52. The number of fused-ring (bicyclic) bond motifs is 1. The van der Waals surface area contributed by atoms with E-state index >= 15 is 0 Å². The number of ketones is 1. The van der Waals surface area contributed by atoms with E-state index in [0.29, 0.717) is 0 Å². The van der Waals surface area contributed by atoms with Gasteiger partial charge in [-0.05, 0) is 31.5 Å². The Morgan fingerprint density at radius 3 is 3.00 bits per heavy atom. The van der Waals surface area contributed by atoms with Crippen molar-refractivity contribution in [3.63, 3.8) is 0 Å². The molecule has 0 bridgehead atoms. The van der Waals surface area contributed by atoms with Crippen LogP contribution in [0.4, 0.5) is 0 Å². The van der Waals surface area contributed by atoms with E-state index in [9.17, 15) is 4.79 Å². The molecule has 3 heteroatoms. The average Bonchev–Trinajstić information content (AvgIpc) is 2.91. The maximum Gasteiger partial charge on any atom is 0.181 e. The van der Waals surface area contributed by atoms with E-state index in [1.807, 2.05) is 30.3 Å². The van der Waals surface area contributed by atoms with Crippen LogP contribution in [0.15, 0.2) is 36.5 Å². The quantitative estimate of drug-likeness (QED) is 0.798. The van der Waals surface area contributed by atoms with Crippen LogP contribution in [0.5, 0.6) is 0 Å². The summed E-state index contributed by atoms with van der Waals surface area (Å²) in [6.45, 7) is 0.939. The largest absolute Gasteiger partial charge is 0.307 e. The van der Waals surface area contributed by atoms with E-state index in [1.165, 1.54) is 0 Å². The van der Waals surface area contributed by atoms with Gasteiger partial charge in [0.2, 0.25) is 0 Å². The van der Waals surface area contributed by atoms with E-state index < -0.39 is 0 Å². The van der Waals surface area contributed by atoms with Crippen molar-refractivity contribution < 1.29 is 4.79 Å². The van der Waals surface area contributed by atoms with Crippen LogP contribution in [-0.2, 0) is 0 Å². The molecule has 3 rings (SSSR count). The lowest BCUT2D eigenvalue weighted by Crippen LogP contribution is -2.30. The number of hydrogen-bond acceptors (Lipinski definition) is 3. The molecule has 1 aromatic heterocycles. The van der Waals surface area contributed by atoms with Gasteiger partial charge >= 0.3 is 0 Å². The number of hydrogen-bond donors (Lipinski definition) is 1. The van der Waals surface area contributed by atoms with Crippen LogP contribution in [0.1, 0.15) is 23.2 Å². The molecule has 1 unspecified atom stereocenters. The summed E-state index contributed by atoms with van der Waals surface area (Å²) in [6, 6.07) is 9.64. The van der Waals surface area contributed by atoms with Crippen LogP contribution in [0.2, 0.25) is 0 Å². The Kier molecular flexibility index (Phi) is 2.61. The zero-order valence-electron chi connectivity index (χ0n) is 9.52. The van der Waals surface area contributed by atoms with Crippen molar-refractivity contribution in [2.24, 2.45) is 0 Å². The molecule has 0 radical (unpaired) electrons. The van der Waals surface area contributed by atoms with Crippen LogP contribution >= 0.6 is 0 Å². The van der Waals surface area contributed by atoms with Gasteiger partial charge in [0.1, 0.15) is 0 Å². The maximum atomic E-state index is 12.4. The Hall–Kier alpha value is -1.74. The van der Waals surface area contributed by atoms with Crippen molar-refractivity contribution in [2.75, 3.05) is 6.54 Å². The lowest BCUT2D eigenvalue weighted by molar-refractivity contribution is 0.0954. The standard InChI is InChI=1S/C14H14N2O/c17-14(12-7-3-8-15-12)11-6-1-4-10-5-2-9-16-13(10)11/h1-2,4-6,9,12,15H,3,7-8H2. The fourth-order valence-electron chi connectivity index (χ4n) is 2.40. The summed E-state index contributed by atoms with van der Waals surface area (Å²) < 4.78 is 0. The smallest absolute Gasteiger partial charge is 0.181 e. The highest BCUT2D eigenvalue weighted by Crippen LogP contribution is 2.19. The number of pyridine rings is 1. The summed E-state index contributed by atoms with van der Waals surface area (Å²) in [7, 11) is 0. The molecule has 0 amide bonds. The molecule has 0 aliphatic carbocycles. The summed E-state index contributed by atoms with van der Waals surface area (Å²) in [5.74, 6) is 0.173. The summed E-state index contributed by atoms with van der Waals surface area (Å²) in [5, 5.41) is 4.27. The van der Waals surface area contributed by atoms with E-state index in [4.69, 9.17) is 0 Å². The Morgan fingerprint density at radius 2 is 2.18 bits per heavy atom. The van der Waals surface area contributed by atoms with Gasteiger partial charge in [-0.1, -0.05) is 18.2 Å². The highest BCUT2D eigenvalue weighted by Gasteiger charge is 2.24. The van der Waals surface area contributed by atoms with Gasteiger partial charge in [-0.15, -0.1) is 0 Å². The molecule has 1 atom stereocenters. The molecular formula is C14H14N2O. The molecule has 0 saturated carbocycles. The van der Waals surface area contributed by atoms with Gasteiger partial charge in [-0.3, -0.25) is 9.78 Å². The molecule has 17 heavy (non-hydrogen) atoms. The minimum Gasteiger partial charge on any atom is -0.307 e. The molecule has 0 spiro atoms. The van der Waals surface area contributed by atoms with Crippen molar-refractivity contribution in [1.29, 1.82) is 0 Å². The number of nitrogens with zero attached hydrogens (tertiary/aromatic N) is 1. The molecule has 1 aliphatic heterocycles. The second kappa shape index (κ2) is 4.26. The molecule has 2 aromatic rings. The molecule has 2 heterocycles. The highest BCUT2D eigenvalue weighted by atomic mass is 16.1. The number of aromatic nitrogens is 1. The van der Waals surface area contributed by atoms with E-state index in [0.717, 1.165) is 35.9 Å². The van der Waals surface area contributed by atoms with Crippen LogP contribution in [0.25, 0.3) is 10.9 Å².